The summed E-state index contributed by atoms with van der Waals surface area (Å²) in [5.74, 6) is 0.909. The van der Waals surface area contributed by atoms with Gasteiger partial charge in [0.15, 0.2) is 5.15 Å². The van der Waals surface area contributed by atoms with Gasteiger partial charge in [0.25, 0.3) is 5.56 Å². The highest BCUT2D eigenvalue weighted by atomic mass is 35.5. The van der Waals surface area contributed by atoms with Gasteiger partial charge >= 0.3 is 6.09 Å². The molecule has 0 radical (unpaired) electrons. The Bertz CT molecular complexity index is 1740. The van der Waals surface area contributed by atoms with Crippen LogP contribution in [-0.4, -0.2) is 45.7 Å². The van der Waals surface area contributed by atoms with E-state index < -0.39 is 6.09 Å². The molecule has 1 atom stereocenters. The van der Waals surface area contributed by atoms with E-state index in [9.17, 15) is 9.59 Å². The number of benzene rings is 1. The number of aryl methyl sites for hydroxylation is 2. The standard InChI is InChI=1S/C26H21ClN8O3/c1-14-2-5-20(34-13-22(27)32-33-34)18(8-14)16-9-17-4-6-21(35(17)24(36)10-16)25-29-12-19(30-25)15-3-7-23(28-11-15)31-26(37)38/h2-3,5,7-13,21H,4,6H2,1H3,(H,28,31)(H,29,30)(H,37,38)/t21-/m0/s1. The Morgan fingerprint density at radius 3 is 2.74 bits per heavy atom. The van der Waals surface area contributed by atoms with Crippen molar-refractivity contribution in [1.82, 2.24) is 34.5 Å². The van der Waals surface area contributed by atoms with Crippen molar-refractivity contribution < 1.29 is 9.90 Å². The predicted octanol–water partition coefficient (Wildman–Crippen LogP) is 4.47. The number of nitrogens with zero attached hydrogens (tertiary/aromatic N) is 6. The number of halogens is 1. The molecule has 0 saturated carbocycles. The largest absolute Gasteiger partial charge is 0.465 e. The number of H-pyrrole nitrogens is 1. The second-order valence-corrected chi connectivity index (χ2v) is 9.44. The molecule has 0 fully saturated rings. The van der Waals surface area contributed by atoms with Crippen molar-refractivity contribution in [2.24, 2.45) is 0 Å². The summed E-state index contributed by atoms with van der Waals surface area (Å²) in [5, 5.41) is 19.3. The van der Waals surface area contributed by atoms with Gasteiger partial charge in [0.05, 0.1) is 29.8 Å². The molecule has 5 aromatic rings. The van der Waals surface area contributed by atoms with Gasteiger partial charge in [-0.1, -0.05) is 28.4 Å². The lowest BCUT2D eigenvalue weighted by Crippen LogP contribution is -2.23. The van der Waals surface area contributed by atoms with E-state index in [1.54, 1.807) is 46.0 Å². The van der Waals surface area contributed by atoms with Crippen LogP contribution in [0.1, 0.15) is 29.5 Å². The van der Waals surface area contributed by atoms with Crippen molar-refractivity contribution >= 4 is 23.5 Å². The molecule has 0 unspecified atom stereocenters. The lowest BCUT2D eigenvalue weighted by molar-refractivity contribution is 0.209. The zero-order chi connectivity index (χ0) is 26.4. The first-order chi connectivity index (χ1) is 18.4. The van der Waals surface area contributed by atoms with E-state index in [1.807, 2.05) is 31.2 Å². The summed E-state index contributed by atoms with van der Waals surface area (Å²) >= 11 is 6.00. The molecule has 5 heterocycles. The molecule has 0 bridgehead atoms. The number of imidazole rings is 1. The van der Waals surface area contributed by atoms with E-state index >= 15 is 0 Å². The second-order valence-electron chi connectivity index (χ2n) is 9.05. The average molecular weight is 529 g/mol. The molecule has 38 heavy (non-hydrogen) atoms. The van der Waals surface area contributed by atoms with Gasteiger partial charge in [-0.3, -0.25) is 10.1 Å². The number of carboxylic acid groups (broad SMARTS) is 1. The van der Waals surface area contributed by atoms with Gasteiger partial charge in [-0.2, -0.15) is 0 Å². The van der Waals surface area contributed by atoms with E-state index in [0.29, 0.717) is 5.82 Å². The summed E-state index contributed by atoms with van der Waals surface area (Å²) in [4.78, 5) is 36.2. The molecule has 6 rings (SSSR count). The third-order valence-electron chi connectivity index (χ3n) is 6.53. The molecule has 1 aromatic carbocycles. The fraction of sp³-hybridized carbons (Fsp3) is 0.154. The lowest BCUT2D eigenvalue weighted by atomic mass is 10.0. The van der Waals surface area contributed by atoms with Crippen molar-refractivity contribution in [3.63, 3.8) is 0 Å². The van der Waals surface area contributed by atoms with Crippen molar-refractivity contribution in [1.29, 1.82) is 0 Å². The molecule has 4 aromatic heterocycles. The first kappa shape index (κ1) is 23.6. The maximum atomic E-state index is 13.4. The average Bonchev–Trinajstić information content (AvgIpc) is 3.64. The Morgan fingerprint density at radius 1 is 1.13 bits per heavy atom. The number of fused-ring (bicyclic) bond motifs is 1. The van der Waals surface area contributed by atoms with Crippen LogP contribution in [0.3, 0.4) is 0 Å². The fourth-order valence-corrected chi connectivity index (χ4v) is 4.97. The van der Waals surface area contributed by atoms with Gasteiger partial charge in [0.1, 0.15) is 11.6 Å². The van der Waals surface area contributed by atoms with Crippen molar-refractivity contribution in [3.05, 3.63) is 93.6 Å². The molecule has 1 amide bonds. The number of pyridine rings is 2. The van der Waals surface area contributed by atoms with E-state index in [2.05, 4.69) is 30.6 Å². The number of hydrogen-bond acceptors (Lipinski definition) is 6. The van der Waals surface area contributed by atoms with Gasteiger partial charge in [-0.25, -0.2) is 19.4 Å². The summed E-state index contributed by atoms with van der Waals surface area (Å²) in [6.07, 6.45) is 5.15. The van der Waals surface area contributed by atoms with Crippen molar-refractivity contribution in [2.45, 2.75) is 25.8 Å². The van der Waals surface area contributed by atoms with Crippen LogP contribution in [0.4, 0.5) is 10.6 Å². The Hall–Kier alpha value is -4.77. The van der Waals surface area contributed by atoms with Crippen LogP contribution in [0.25, 0.3) is 28.1 Å². The first-order valence-electron chi connectivity index (χ1n) is 11.8. The highest BCUT2D eigenvalue weighted by molar-refractivity contribution is 6.29. The molecule has 0 spiro atoms. The Morgan fingerprint density at radius 2 is 2.00 bits per heavy atom. The summed E-state index contributed by atoms with van der Waals surface area (Å²) in [5.41, 5.74) is 5.78. The van der Waals surface area contributed by atoms with Crippen LogP contribution in [-0.2, 0) is 6.42 Å². The smallest absolute Gasteiger partial charge is 0.410 e. The van der Waals surface area contributed by atoms with E-state index in [-0.39, 0.29) is 22.6 Å². The minimum Gasteiger partial charge on any atom is -0.465 e. The van der Waals surface area contributed by atoms with Crippen molar-refractivity contribution in [3.8, 4) is 28.1 Å². The molecule has 1 aliphatic heterocycles. The number of aromatic nitrogens is 7. The zero-order valence-corrected chi connectivity index (χ0v) is 20.8. The Labute approximate surface area is 220 Å². The highest BCUT2D eigenvalue weighted by Gasteiger charge is 2.28. The van der Waals surface area contributed by atoms with Gasteiger partial charge in [0, 0.05) is 29.1 Å². The number of carbonyl (C=O) groups is 1. The Kier molecular flexibility index (Phi) is 5.76. The molecular formula is C26H21ClN8O3. The van der Waals surface area contributed by atoms with Gasteiger partial charge in [0.2, 0.25) is 0 Å². The third-order valence-corrected chi connectivity index (χ3v) is 6.70. The number of aromatic amines is 1. The predicted molar refractivity (Wildman–Crippen MR) is 141 cm³/mol. The topological polar surface area (TPSA) is 144 Å². The quantitative estimate of drug-likeness (QED) is 0.305. The van der Waals surface area contributed by atoms with Crippen LogP contribution in [0.15, 0.2) is 65.8 Å². The molecular weight excluding hydrogens is 508 g/mol. The minimum atomic E-state index is -1.18. The van der Waals surface area contributed by atoms with E-state index in [0.717, 1.165) is 52.2 Å². The fourth-order valence-electron chi connectivity index (χ4n) is 4.84. The summed E-state index contributed by atoms with van der Waals surface area (Å²) < 4.78 is 3.39. The normalized spacial score (nSPS) is 14.4. The molecule has 0 aliphatic carbocycles. The maximum Gasteiger partial charge on any atom is 0.410 e. The maximum absolute atomic E-state index is 13.4. The number of rotatable bonds is 5. The van der Waals surface area contributed by atoms with Crippen LogP contribution in [0.5, 0.6) is 0 Å². The summed E-state index contributed by atoms with van der Waals surface area (Å²) in [6, 6.07) is 12.7. The number of nitrogens with one attached hydrogen (secondary N) is 2. The molecule has 190 valence electrons. The number of amides is 1. The SMILES string of the molecule is Cc1ccc(-n2cc(Cl)nn2)c(-c2cc3n(c(=O)c2)[C@H](c2ncc(-c4ccc(NC(=O)O)nc4)[nH]2)CC3)c1. The summed E-state index contributed by atoms with van der Waals surface area (Å²) in [6.45, 7) is 2.00. The summed E-state index contributed by atoms with van der Waals surface area (Å²) in [7, 11) is 0. The number of hydrogen-bond donors (Lipinski definition) is 3. The van der Waals surface area contributed by atoms with Crippen LogP contribution in [0.2, 0.25) is 5.15 Å². The molecule has 0 saturated heterocycles. The van der Waals surface area contributed by atoms with Crippen LogP contribution in [0, 0.1) is 6.92 Å². The molecule has 11 nitrogen and oxygen atoms in total. The van der Waals surface area contributed by atoms with Crippen LogP contribution < -0.4 is 10.9 Å². The monoisotopic (exact) mass is 528 g/mol. The van der Waals surface area contributed by atoms with Gasteiger partial charge in [-0.05, 0) is 55.7 Å². The molecule has 12 heteroatoms. The lowest BCUT2D eigenvalue weighted by Gasteiger charge is -2.15. The second kappa shape index (κ2) is 9.27. The minimum absolute atomic E-state index is 0.118. The molecule has 1 aliphatic rings. The van der Waals surface area contributed by atoms with Gasteiger partial charge in [-0.15, -0.1) is 5.10 Å². The number of anilines is 1. The molecule has 3 N–H and O–H groups in total. The van der Waals surface area contributed by atoms with Gasteiger partial charge < -0.3 is 14.7 Å². The van der Waals surface area contributed by atoms with E-state index in [1.165, 1.54) is 0 Å². The van der Waals surface area contributed by atoms with Crippen LogP contribution >= 0.6 is 11.6 Å². The van der Waals surface area contributed by atoms with Crippen molar-refractivity contribution in [2.75, 3.05) is 5.32 Å². The highest BCUT2D eigenvalue weighted by Crippen LogP contribution is 2.34. The zero-order valence-electron chi connectivity index (χ0n) is 20.1. The first-order valence-corrected chi connectivity index (χ1v) is 12.2. The third kappa shape index (κ3) is 4.33. The van der Waals surface area contributed by atoms with E-state index in [4.69, 9.17) is 16.7 Å². The Balaban J connectivity index is 1.33.